The summed E-state index contributed by atoms with van der Waals surface area (Å²) in [6.45, 7) is 19.9. The zero-order valence-electron chi connectivity index (χ0n) is 23.1. The van der Waals surface area contributed by atoms with Gasteiger partial charge in [0.05, 0.1) is 0 Å². The highest BCUT2D eigenvalue weighted by atomic mass is 16.6. The van der Waals surface area contributed by atoms with Gasteiger partial charge >= 0.3 is 11.9 Å². The van der Waals surface area contributed by atoms with Gasteiger partial charge in [0, 0.05) is 16.6 Å². The summed E-state index contributed by atoms with van der Waals surface area (Å²) in [6.07, 6.45) is 1.63. The zero-order chi connectivity index (χ0) is 27.6. The minimum absolute atomic E-state index is 0.173. The summed E-state index contributed by atoms with van der Waals surface area (Å²) in [5, 5.41) is 0. The smallest absolute Gasteiger partial charge is 0.333 e. The van der Waals surface area contributed by atoms with Gasteiger partial charge in [-0.15, -0.1) is 0 Å². The number of benzene rings is 2. The first-order chi connectivity index (χ1) is 17.5. The summed E-state index contributed by atoms with van der Waals surface area (Å²) in [4.78, 5) is 23.1. The third-order valence-corrected chi connectivity index (χ3v) is 6.17. The third-order valence-electron chi connectivity index (χ3n) is 6.17. The molecule has 6 heteroatoms. The van der Waals surface area contributed by atoms with E-state index in [4.69, 9.17) is 18.9 Å². The Morgan fingerprint density at radius 2 is 1.08 bits per heavy atom. The van der Waals surface area contributed by atoms with Gasteiger partial charge in [-0.25, -0.2) is 9.59 Å². The van der Waals surface area contributed by atoms with Crippen LogP contribution in [0.1, 0.15) is 63.8 Å². The molecule has 0 aliphatic carbocycles. The Bertz CT molecular complexity index is 1040. The molecule has 6 nitrogen and oxygen atoms in total. The lowest BCUT2D eigenvalue weighted by molar-refractivity contribution is -0.140. The van der Waals surface area contributed by atoms with Crippen molar-refractivity contribution in [3.8, 4) is 11.5 Å². The van der Waals surface area contributed by atoms with Crippen LogP contribution < -0.4 is 9.47 Å². The first-order valence-corrected chi connectivity index (χ1v) is 12.7. The monoisotopic (exact) mass is 508 g/mol. The van der Waals surface area contributed by atoms with Gasteiger partial charge in [-0.1, -0.05) is 65.1 Å². The highest BCUT2D eigenvalue weighted by Gasteiger charge is 2.25. The second-order valence-electron chi connectivity index (χ2n) is 9.51. The molecule has 2 aromatic rings. The molecule has 2 rings (SSSR count). The lowest BCUT2D eigenvalue weighted by atomic mass is 9.77. The molecule has 0 atom stereocenters. The lowest BCUT2D eigenvalue weighted by Gasteiger charge is -2.28. The average molecular weight is 509 g/mol. The van der Waals surface area contributed by atoms with Crippen LogP contribution in [0.25, 0.3) is 0 Å². The van der Waals surface area contributed by atoms with E-state index in [-0.39, 0.29) is 31.8 Å². The number of hydrogen-bond acceptors (Lipinski definition) is 6. The fraction of sp³-hybridized carbons (Fsp3) is 0.419. The van der Waals surface area contributed by atoms with Crippen molar-refractivity contribution in [1.29, 1.82) is 0 Å². The Labute approximate surface area is 221 Å². The highest BCUT2D eigenvalue weighted by molar-refractivity contribution is 5.87. The van der Waals surface area contributed by atoms with Crippen molar-refractivity contribution in [2.24, 2.45) is 0 Å². The molecule has 0 aliphatic heterocycles. The second-order valence-corrected chi connectivity index (χ2v) is 9.51. The fourth-order valence-corrected chi connectivity index (χ4v) is 3.76. The number of esters is 2. The largest absolute Gasteiger partial charge is 0.490 e. The van der Waals surface area contributed by atoms with Crippen LogP contribution in [0.4, 0.5) is 0 Å². The Morgan fingerprint density at radius 1 is 0.703 bits per heavy atom. The minimum Gasteiger partial charge on any atom is -0.490 e. The van der Waals surface area contributed by atoms with Gasteiger partial charge in [0.15, 0.2) is 0 Å². The predicted octanol–water partition coefficient (Wildman–Crippen LogP) is 6.13. The van der Waals surface area contributed by atoms with E-state index < -0.39 is 11.9 Å². The standard InChI is InChI=1S/C31H40O6/c1-9-23-19-25(11-13-27(23)34-15-17-36-29(32)21(3)4)31(7,8)26-12-14-28(24(10-2)20-26)35-16-18-37-30(33)22(5)6/h11-14,19-20H,3,5,9-10,15-18H2,1-2,4,6-8H3. The van der Waals surface area contributed by atoms with Gasteiger partial charge in [-0.2, -0.15) is 0 Å². The number of aryl methyl sites for hydroxylation is 2. The SMILES string of the molecule is C=C(C)C(=O)OCCOc1ccc(C(C)(C)c2ccc(OCCOC(=O)C(=C)C)c(CC)c2)cc1CC. The molecule has 0 aromatic heterocycles. The van der Waals surface area contributed by atoms with Crippen molar-refractivity contribution in [1.82, 2.24) is 0 Å². The van der Waals surface area contributed by atoms with Crippen molar-refractivity contribution in [2.75, 3.05) is 26.4 Å². The van der Waals surface area contributed by atoms with E-state index >= 15 is 0 Å². The summed E-state index contributed by atoms with van der Waals surface area (Å²) < 4.78 is 22.0. The number of hydrogen-bond donors (Lipinski definition) is 0. The molecule has 0 fully saturated rings. The maximum absolute atomic E-state index is 11.5. The van der Waals surface area contributed by atoms with E-state index in [0.717, 1.165) is 35.5 Å². The normalized spacial score (nSPS) is 11.0. The van der Waals surface area contributed by atoms with Crippen molar-refractivity contribution in [3.63, 3.8) is 0 Å². The van der Waals surface area contributed by atoms with E-state index in [2.05, 4.69) is 65.1 Å². The Morgan fingerprint density at radius 3 is 1.41 bits per heavy atom. The summed E-state index contributed by atoms with van der Waals surface area (Å²) in [5.74, 6) is 0.758. The number of ether oxygens (including phenoxy) is 4. The maximum Gasteiger partial charge on any atom is 0.333 e. The molecule has 0 spiro atoms. The van der Waals surface area contributed by atoms with Crippen molar-refractivity contribution >= 4 is 11.9 Å². The predicted molar refractivity (Wildman–Crippen MR) is 146 cm³/mol. The summed E-state index contributed by atoms with van der Waals surface area (Å²) in [5.41, 5.74) is 5.03. The third kappa shape index (κ3) is 8.24. The summed E-state index contributed by atoms with van der Waals surface area (Å²) >= 11 is 0. The van der Waals surface area contributed by atoms with Crippen LogP contribution in [-0.2, 0) is 37.3 Å². The van der Waals surface area contributed by atoms with Crippen LogP contribution in [0, 0.1) is 0 Å². The lowest BCUT2D eigenvalue weighted by Crippen LogP contribution is -2.20. The van der Waals surface area contributed by atoms with Gasteiger partial charge in [0.1, 0.15) is 37.9 Å². The van der Waals surface area contributed by atoms with Gasteiger partial charge < -0.3 is 18.9 Å². The molecule has 37 heavy (non-hydrogen) atoms. The molecule has 0 aliphatic rings. The molecule has 0 bridgehead atoms. The molecular formula is C31H40O6. The Balaban J connectivity index is 2.12. The van der Waals surface area contributed by atoms with Crippen LogP contribution in [0.15, 0.2) is 60.7 Å². The fourth-order valence-electron chi connectivity index (χ4n) is 3.76. The van der Waals surface area contributed by atoms with Crippen LogP contribution >= 0.6 is 0 Å². The van der Waals surface area contributed by atoms with E-state index in [1.54, 1.807) is 13.8 Å². The molecule has 0 saturated carbocycles. The van der Waals surface area contributed by atoms with Crippen molar-refractivity contribution in [2.45, 2.75) is 59.8 Å². The Hall–Kier alpha value is -3.54. The topological polar surface area (TPSA) is 71.1 Å². The molecule has 200 valence electrons. The van der Waals surface area contributed by atoms with Gasteiger partial charge in [0.2, 0.25) is 0 Å². The van der Waals surface area contributed by atoms with Gasteiger partial charge in [-0.05, 0) is 61.1 Å². The van der Waals surface area contributed by atoms with E-state index in [1.807, 2.05) is 12.1 Å². The molecule has 2 aromatic carbocycles. The molecule has 0 unspecified atom stereocenters. The van der Waals surface area contributed by atoms with Gasteiger partial charge in [0.25, 0.3) is 0 Å². The zero-order valence-corrected chi connectivity index (χ0v) is 23.1. The van der Waals surface area contributed by atoms with Gasteiger partial charge in [-0.3, -0.25) is 0 Å². The number of carbonyl (C=O) groups is 2. The van der Waals surface area contributed by atoms with Crippen LogP contribution in [0.5, 0.6) is 11.5 Å². The minimum atomic E-state index is -0.412. The van der Waals surface area contributed by atoms with E-state index in [1.165, 1.54) is 11.1 Å². The summed E-state index contributed by atoms with van der Waals surface area (Å²) in [7, 11) is 0. The quantitative estimate of drug-likeness (QED) is 0.174. The van der Waals surface area contributed by atoms with Crippen LogP contribution in [0.3, 0.4) is 0 Å². The van der Waals surface area contributed by atoms with Crippen molar-refractivity contribution < 1.29 is 28.5 Å². The van der Waals surface area contributed by atoms with Crippen molar-refractivity contribution in [3.05, 3.63) is 83.0 Å². The van der Waals surface area contributed by atoms with E-state index in [9.17, 15) is 9.59 Å². The molecule has 0 heterocycles. The summed E-state index contributed by atoms with van der Waals surface area (Å²) in [6, 6.07) is 12.5. The molecule has 0 N–H and O–H groups in total. The average Bonchev–Trinajstić information content (AvgIpc) is 2.88. The first kappa shape index (κ1) is 29.7. The first-order valence-electron chi connectivity index (χ1n) is 12.7. The number of carbonyl (C=O) groups excluding carboxylic acids is 2. The molecule has 0 amide bonds. The van der Waals surface area contributed by atoms with E-state index in [0.29, 0.717) is 11.1 Å². The number of rotatable bonds is 14. The molecule has 0 saturated heterocycles. The van der Waals surface area contributed by atoms with Crippen LogP contribution in [-0.4, -0.2) is 38.4 Å². The Kier molecular flexibility index (Phi) is 11.0. The highest BCUT2D eigenvalue weighted by Crippen LogP contribution is 2.36. The molecular weight excluding hydrogens is 468 g/mol. The second kappa shape index (κ2) is 13.7. The molecule has 0 radical (unpaired) electrons. The maximum atomic E-state index is 11.5. The van der Waals surface area contributed by atoms with Crippen LogP contribution in [0.2, 0.25) is 0 Å².